The summed E-state index contributed by atoms with van der Waals surface area (Å²) in [5.41, 5.74) is 2.69. The zero-order valence-corrected chi connectivity index (χ0v) is 21.0. The van der Waals surface area contributed by atoms with Crippen molar-refractivity contribution in [3.8, 4) is 5.69 Å². The fourth-order valence-electron chi connectivity index (χ4n) is 2.33. The van der Waals surface area contributed by atoms with Crippen molar-refractivity contribution in [1.29, 1.82) is 0 Å². The first-order valence-corrected chi connectivity index (χ1v) is 13.3. The maximum absolute atomic E-state index is 12.5. The van der Waals surface area contributed by atoms with Crippen molar-refractivity contribution >= 4 is 41.9 Å². The summed E-state index contributed by atoms with van der Waals surface area (Å²) in [6.07, 6.45) is 4.37. The fourth-order valence-corrected chi connectivity index (χ4v) is 3.70. The van der Waals surface area contributed by atoms with E-state index in [9.17, 15) is 16.8 Å². The molecule has 0 fully saturated rings. The molecule has 0 saturated heterocycles. The van der Waals surface area contributed by atoms with E-state index < -0.39 is 20.0 Å². The third-order valence-electron chi connectivity index (χ3n) is 4.22. The van der Waals surface area contributed by atoms with E-state index in [-0.39, 0.29) is 10.8 Å². The van der Waals surface area contributed by atoms with Gasteiger partial charge >= 0.3 is 0 Å². The van der Waals surface area contributed by atoms with Crippen LogP contribution in [0.1, 0.15) is 31.0 Å². The van der Waals surface area contributed by atoms with Gasteiger partial charge < -0.3 is 9.09 Å². The molecule has 0 spiro atoms. The van der Waals surface area contributed by atoms with E-state index in [2.05, 4.69) is 44.4 Å². The molecule has 3 rings (SSSR count). The Labute approximate surface area is 191 Å². The minimum atomic E-state index is -3.77. The first-order valence-electron chi connectivity index (χ1n) is 9.15. The van der Waals surface area contributed by atoms with E-state index >= 15 is 0 Å². The second-order valence-corrected chi connectivity index (χ2v) is 11.4. The Kier molecular flexibility index (Phi) is 8.09. The monoisotopic (exact) mass is 532 g/mol. The zero-order valence-electron chi connectivity index (χ0n) is 17.7. The molecule has 0 saturated carbocycles. The van der Waals surface area contributed by atoms with Gasteiger partial charge in [0.25, 0.3) is 15.9 Å². The smallest absolute Gasteiger partial charge is 0.265 e. The number of nitrogens with zero attached hydrogens (tertiary/aromatic N) is 2. The van der Waals surface area contributed by atoms with Gasteiger partial charge in [-0.1, -0.05) is 31.1 Å². The summed E-state index contributed by atoms with van der Waals surface area (Å²) in [6, 6.07) is 9.56. The molecule has 1 aromatic carbocycles. The number of anilines is 1. The Morgan fingerprint density at radius 3 is 2.13 bits per heavy atom. The first kappa shape index (κ1) is 25.1. The molecule has 170 valence electrons. The summed E-state index contributed by atoms with van der Waals surface area (Å²) in [5, 5.41) is 3.72. The van der Waals surface area contributed by atoms with Crippen LogP contribution in [0.5, 0.6) is 0 Å². The predicted octanol–water partition coefficient (Wildman–Crippen LogP) is 3.63. The molecule has 0 unspecified atom stereocenters. The van der Waals surface area contributed by atoms with E-state index in [1.54, 1.807) is 23.9 Å². The van der Waals surface area contributed by atoms with Gasteiger partial charge in [-0.15, -0.1) is 0 Å². The molecule has 0 aliphatic heterocycles. The van der Waals surface area contributed by atoms with Crippen LogP contribution < -0.4 is 9.44 Å². The van der Waals surface area contributed by atoms with Crippen LogP contribution >= 0.6 is 15.9 Å². The Morgan fingerprint density at radius 1 is 1.10 bits per heavy atom. The van der Waals surface area contributed by atoms with Crippen LogP contribution in [-0.2, 0) is 20.0 Å². The number of halogens is 1. The van der Waals surface area contributed by atoms with Crippen LogP contribution in [0.15, 0.2) is 56.6 Å². The zero-order chi connectivity index (χ0) is 23.4. The summed E-state index contributed by atoms with van der Waals surface area (Å²) < 4.78 is 56.5. The van der Waals surface area contributed by atoms with Crippen LogP contribution in [0.25, 0.3) is 5.69 Å². The molecule has 2 heterocycles. The fraction of sp³-hybridized carbons (Fsp3) is 0.316. The minimum Gasteiger partial charge on any atom is -0.336 e. The summed E-state index contributed by atoms with van der Waals surface area (Å²) in [6.45, 7) is 5.97. The largest absolute Gasteiger partial charge is 0.336 e. The average Bonchev–Trinajstić information content (AvgIpc) is 3.31. The van der Waals surface area contributed by atoms with Gasteiger partial charge in [0.05, 0.1) is 11.9 Å². The Hall–Kier alpha value is -2.15. The molecule has 12 heteroatoms. The number of aryl methyl sites for hydroxylation is 1. The summed E-state index contributed by atoms with van der Waals surface area (Å²) in [5.74, 6) is 0.509. The van der Waals surface area contributed by atoms with Gasteiger partial charge in [0.15, 0.2) is 0 Å². The number of rotatable bonds is 6. The van der Waals surface area contributed by atoms with Crippen LogP contribution in [0.4, 0.5) is 5.88 Å². The van der Waals surface area contributed by atoms with Crippen LogP contribution in [0, 0.1) is 6.92 Å². The van der Waals surface area contributed by atoms with Gasteiger partial charge in [0.1, 0.15) is 9.37 Å². The highest BCUT2D eigenvalue weighted by molar-refractivity contribution is 9.10. The van der Waals surface area contributed by atoms with Gasteiger partial charge in [-0.2, -0.15) is 0 Å². The molecule has 0 aliphatic carbocycles. The van der Waals surface area contributed by atoms with Gasteiger partial charge in [0, 0.05) is 18.1 Å². The maximum Gasteiger partial charge on any atom is 0.265 e. The first-order chi connectivity index (χ1) is 14.3. The van der Waals surface area contributed by atoms with E-state index in [4.69, 9.17) is 4.52 Å². The SMILES string of the molecule is CNS(C)(=O)=O.Cc1noc(NS(=O)(=O)c2ccn(-c3ccc(C(C)C)cc3)c2)c1Br. The van der Waals surface area contributed by atoms with Crippen molar-refractivity contribution < 1.29 is 21.4 Å². The molecule has 2 aromatic heterocycles. The van der Waals surface area contributed by atoms with Crippen LogP contribution in [0.3, 0.4) is 0 Å². The average molecular weight is 533 g/mol. The third-order valence-corrected chi connectivity index (χ3v) is 7.21. The summed E-state index contributed by atoms with van der Waals surface area (Å²) in [7, 11) is -5.31. The molecule has 2 N–H and O–H groups in total. The number of aromatic nitrogens is 2. The summed E-state index contributed by atoms with van der Waals surface area (Å²) in [4.78, 5) is 0.140. The van der Waals surface area contributed by atoms with Crippen molar-refractivity contribution in [3.63, 3.8) is 0 Å². The topological polar surface area (TPSA) is 123 Å². The number of benzene rings is 1. The lowest BCUT2D eigenvalue weighted by Crippen LogP contribution is -2.15. The van der Waals surface area contributed by atoms with Gasteiger partial charge in [-0.3, -0.25) is 0 Å². The molecule has 9 nitrogen and oxygen atoms in total. The van der Waals surface area contributed by atoms with Crippen molar-refractivity contribution in [2.45, 2.75) is 31.6 Å². The lowest BCUT2D eigenvalue weighted by Gasteiger charge is -2.07. The Balaban J connectivity index is 0.000000501. The third kappa shape index (κ3) is 6.92. The molecule has 0 bridgehead atoms. The van der Waals surface area contributed by atoms with Crippen LogP contribution in [0.2, 0.25) is 0 Å². The van der Waals surface area contributed by atoms with Crippen LogP contribution in [-0.4, -0.2) is 39.9 Å². The Morgan fingerprint density at radius 2 is 1.68 bits per heavy atom. The number of hydrogen-bond acceptors (Lipinski definition) is 6. The molecule has 0 amide bonds. The molecule has 0 radical (unpaired) electrons. The highest BCUT2D eigenvalue weighted by atomic mass is 79.9. The van der Waals surface area contributed by atoms with Gasteiger partial charge in [-0.05, 0) is 59.6 Å². The lowest BCUT2D eigenvalue weighted by atomic mass is 10.0. The molecule has 0 atom stereocenters. The van der Waals surface area contributed by atoms with Crippen molar-refractivity contribution in [2.24, 2.45) is 0 Å². The molecule has 31 heavy (non-hydrogen) atoms. The number of hydrogen-bond donors (Lipinski definition) is 2. The second kappa shape index (κ2) is 9.98. The van der Waals surface area contributed by atoms with Crippen molar-refractivity contribution in [2.75, 3.05) is 18.0 Å². The minimum absolute atomic E-state index is 0.0616. The number of sulfonamides is 2. The summed E-state index contributed by atoms with van der Waals surface area (Å²) >= 11 is 3.25. The highest BCUT2D eigenvalue weighted by Crippen LogP contribution is 2.28. The number of nitrogens with one attached hydrogen (secondary N) is 2. The maximum atomic E-state index is 12.5. The molecule has 3 aromatic rings. The predicted molar refractivity (Wildman–Crippen MR) is 124 cm³/mol. The normalized spacial score (nSPS) is 11.8. The van der Waals surface area contributed by atoms with E-state index in [1.807, 2.05) is 24.3 Å². The second-order valence-electron chi connectivity index (χ2n) is 6.99. The van der Waals surface area contributed by atoms with Gasteiger partial charge in [0.2, 0.25) is 10.0 Å². The van der Waals surface area contributed by atoms with E-state index in [1.165, 1.54) is 18.7 Å². The lowest BCUT2D eigenvalue weighted by molar-refractivity contribution is 0.430. The van der Waals surface area contributed by atoms with Crippen molar-refractivity contribution in [3.05, 3.63) is 58.5 Å². The molecular formula is C19H25BrN4O5S2. The van der Waals surface area contributed by atoms with Crippen molar-refractivity contribution in [1.82, 2.24) is 14.4 Å². The Bertz CT molecular complexity index is 1230. The van der Waals surface area contributed by atoms with Gasteiger partial charge in [-0.25, -0.2) is 26.3 Å². The molecule has 0 aliphatic rings. The van der Waals surface area contributed by atoms with E-state index in [0.717, 1.165) is 11.9 Å². The van der Waals surface area contributed by atoms with E-state index in [0.29, 0.717) is 16.1 Å². The standard InChI is InChI=1S/C17H18BrN3O3S.C2H7NO2S/c1-11(2)13-4-6-14(7-5-13)21-9-8-15(10-21)25(22,23)20-17-16(18)12(3)19-24-17;1-3-6(2,4)5/h4-11,20H,1-3H3;3H,1-2H3. The quantitative estimate of drug-likeness (QED) is 0.499. The molecular weight excluding hydrogens is 508 g/mol. The highest BCUT2D eigenvalue weighted by Gasteiger charge is 2.21.